The molecule has 2 nitrogen and oxygen atoms in total. The van der Waals surface area contributed by atoms with Crippen LogP contribution < -0.4 is 0 Å². The molecule has 0 unspecified atom stereocenters. The van der Waals surface area contributed by atoms with Gasteiger partial charge in [-0.15, -0.1) is 0 Å². The normalized spacial score (nSPS) is 10.1. The number of benzene rings is 1. The standard InChI is InChI=1S/C14H13NO/c1-10-8-12(5-6-14(10)11(2)16)13-4-3-7-15-9-13/h3-9H,1-2H3. The number of aryl methyl sites for hydroxylation is 1. The third kappa shape index (κ3) is 2.01. The number of nitrogens with zero attached hydrogens (tertiary/aromatic N) is 1. The Morgan fingerprint density at radius 3 is 2.56 bits per heavy atom. The molecule has 0 fully saturated rings. The summed E-state index contributed by atoms with van der Waals surface area (Å²) in [4.78, 5) is 15.4. The highest BCUT2D eigenvalue weighted by atomic mass is 16.1. The maximum atomic E-state index is 11.3. The Bertz CT molecular complexity index is 518. The summed E-state index contributed by atoms with van der Waals surface area (Å²) in [6.07, 6.45) is 3.57. The van der Waals surface area contributed by atoms with Crippen molar-refractivity contribution in [1.82, 2.24) is 4.98 Å². The van der Waals surface area contributed by atoms with E-state index in [-0.39, 0.29) is 5.78 Å². The Kier molecular flexibility index (Phi) is 2.82. The summed E-state index contributed by atoms with van der Waals surface area (Å²) in [5, 5.41) is 0. The Morgan fingerprint density at radius 1 is 1.19 bits per heavy atom. The maximum absolute atomic E-state index is 11.3. The van der Waals surface area contributed by atoms with Gasteiger partial charge in [-0.3, -0.25) is 9.78 Å². The number of Topliss-reactive ketones (excluding diaryl/α,β-unsaturated/α-hetero) is 1. The van der Waals surface area contributed by atoms with Crippen LogP contribution in [-0.2, 0) is 0 Å². The summed E-state index contributed by atoms with van der Waals surface area (Å²) in [6.45, 7) is 3.54. The van der Waals surface area contributed by atoms with Gasteiger partial charge < -0.3 is 0 Å². The van der Waals surface area contributed by atoms with Crippen LogP contribution in [0.25, 0.3) is 11.1 Å². The summed E-state index contributed by atoms with van der Waals surface area (Å²) in [5.74, 6) is 0.107. The van der Waals surface area contributed by atoms with E-state index < -0.39 is 0 Å². The quantitative estimate of drug-likeness (QED) is 0.714. The molecule has 0 N–H and O–H groups in total. The van der Waals surface area contributed by atoms with Crippen molar-refractivity contribution < 1.29 is 4.79 Å². The molecule has 0 radical (unpaired) electrons. The van der Waals surface area contributed by atoms with Gasteiger partial charge in [0.15, 0.2) is 5.78 Å². The number of hydrogen-bond donors (Lipinski definition) is 0. The Balaban J connectivity index is 2.46. The highest BCUT2D eigenvalue weighted by Crippen LogP contribution is 2.21. The summed E-state index contributed by atoms with van der Waals surface area (Å²) < 4.78 is 0. The molecule has 0 bridgehead atoms. The molecule has 16 heavy (non-hydrogen) atoms. The fourth-order valence-electron chi connectivity index (χ4n) is 1.77. The number of pyridine rings is 1. The van der Waals surface area contributed by atoms with Gasteiger partial charge >= 0.3 is 0 Å². The first-order chi connectivity index (χ1) is 7.68. The molecule has 2 heteroatoms. The second kappa shape index (κ2) is 4.27. The van der Waals surface area contributed by atoms with Crippen molar-refractivity contribution in [1.29, 1.82) is 0 Å². The van der Waals surface area contributed by atoms with E-state index in [1.807, 2.05) is 43.5 Å². The fourth-order valence-corrected chi connectivity index (χ4v) is 1.77. The van der Waals surface area contributed by atoms with Gasteiger partial charge in [0.25, 0.3) is 0 Å². The zero-order valence-electron chi connectivity index (χ0n) is 9.40. The molecule has 80 valence electrons. The first kappa shape index (κ1) is 10.6. The van der Waals surface area contributed by atoms with E-state index in [1.165, 1.54) is 0 Å². The Hall–Kier alpha value is -1.96. The van der Waals surface area contributed by atoms with E-state index in [1.54, 1.807) is 13.1 Å². The predicted octanol–water partition coefficient (Wildman–Crippen LogP) is 3.26. The number of carbonyl (C=O) groups is 1. The van der Waals surface area contributed by atoms with E-state index in [0.29, 0.717) is 0 Å². The van der Waals surface area contributed by atoms with Crippen LogP contribution in [0.5, 0.6) is 0 Å². The van der Waals surface area contributed by atoms with Crippen molar-refractivity contribution in [3.05, 3.63) is 53.9 Å². The molecule has 0 saturated heterocycles. The van der Waals surface area contributed by atoms with Crippen LogP contribution in [0.2, 0.25) is 0 Å². The van der Waals surface area contributed by atoms with Gasteiger partial charge in [-0.25, -0.2) is 0 Å². The molecule has 2 rings (SSSR count). The molecule has 1 aromatic heterocycles. The second-order valence-electron chi connectivity index (χ2n) is 3.83. The lowest BCUT2D eigenvalue weighted by Crippen LogP contribution is -1.95. The number of hydrogen-bond acceptors (Lipinski definition) is 2. The van der Waals surface area contributed by atoms with Crippen LogP contribution in [0.1, 0.15) is 22.8 Å². The summed E-state index contributed by atoms with van der Waals surface area (Å²) in [7, 11) is 0. The number of carbonyl (C=O) groups excluding carboxylic acids is 1. The minimum absolute atomic E-state index is 0.107. The van der Waals surface area contributed by atoms with E-state index in [2.05, 4.69) is 4.98 Å². The van der Waals surface area contributed by atoms with E-state index in [0.717, 1.165) is 22.3 Å². The predicted molar refractivity (Wildman–Crippen MR) is 64.4 cm³/mol. The van der Waals surface area contributed by atoms with Crippen molar-refractivity contribution in [2.45, 2.75) is 13.8 Å². The summed E-state index contributed by atoms with van der Waals surface area (Å²) >= 11 is 0. The van der Waals surface area contributed by atoms with E-state index in [9.17, 15) is 4.79 Å². The third-order valence-corrected chi connectivity index (χ3v) is 2.60. The van der Waals surface area contributed by atoms with Gasteiger partial charge in [0.05, 0.1) is 0 Å². The smallest absolute Gasteiger partial charge is 0.160 e. The molecule has 2 aromatic rings. The number of ketones is 1. The minimum Gasteiger partial charge on any atom is -0.295 e. The topological polar surface area (TPSA) is 30.0 Å². The van der Waals surface area contributed by atoms with Gasteiger partial charge in [-0.2, -0.15) is 0 Å². The van der Waals surface area contributed by atoms with E-state index in [4.69, 9.17) is 0 Å². The minimum atomic E-state index is 0.107. The summed E-state index contributed by atoms with van der Waals surface area (Å²) in [5.41, 5.74) is 3.96. The molecule has 0 spiro atoms. The largest absolute Gasteiger partial charge is 0.295 e. The van der Waals surface area contributed by atoms with Crippen molar-refractivity contribution in [2.24, 2.45) is 0 Å². The van der Waals surface area contributed by atoms with Crippen molar-refractivity contribution in [3.8, 4) is 11.1 Å². The van der Waals surface area contributed by atoms with Crippen LogP contribution in [0.4, 0.5) is 0 Å². The van der Waals surface area contributed by atoms with Gasteiger partial charge in [0, 0.05) is 18.0 Å². The van der Waals surface area contributed by atoms with Gasteiger partial charge in [-0.1, -0.05) is 24.3 Å². The highest BCUT2D eigenvalue weighted by molar-refractivity contribution is 5.96. The number of aromatic nitrogens is 1. The van der Waals surface area contributed by atoms with Crippen LogP contribution in [0.15, 0.2) is 42.7 Å². The van der Waals surface area contributed by atoms with E-state index >= 15 is 0 Å². The SMILES string of the molecule is CC(=O)c1ccc(-c2cccnc2)cc1C. The van der Waals surface area contributed by atoms with Crippen LogP contribution in [0, 0.1) is 6.92 Å². The monoisotopic (exact) mass is 211 g/mol. The first-order valence-electron chi connectivity index (χ1n) is 5.20. The molecule has 0 aliphatic carbocycles. The molecular formula is C14H13NO. The van der Waals surface area contributed by atoms with Crippen LogP contribution >= 0.6 is 0 Å². The Morgan fingerprint density at radius 2 is 2.00 bits per heavy atom. The molecule has 1 aromatic carbocycles. The molecule has 0 aliphatic heterocycles. The maximum Gasteiger partial charge on any atom is 0.160 e. The summed E-state index contributed by atoms with van der Waals surface area (Å²) in [6, 6.07) is 9.77. The Labute approximate surface area is 95.0 Å². The average molecular weight is 211 g/mol. The fraction of sp³-hybridized carbons (Fsp3) is 0.143. The lowest BCUT2D eigenvalue weighted by Gasteiger charge is -2.05. The second-order valence-corrected chi connectivity index (χ2v) is 3.83. The number of rotatable bonds is 2. The first-order valence-corrected chi connectivity index (χ1v) is 5.20. The average Bonchev–Trinajstić information content (AvgIpc) is 2.29. The molecule has 0 atom stereocenters. The van der Waals surface area contributed by atoms with Gasteiger partial charge in [0.2, 0.25) is 0 Å². The van der Waals surface area contributed by atoms with Crippen molar-refractivity contribution in [2.75, 3.05) is 0 Å². The molecule has 1 heterocycles. The molecule has 0 saturated carbocycles. The lowest BCUT2D eigenvalue weighted by molar-refractivity contribution is 0.101. The molecule has 0 aliphatic rings. The van der Waals surface area contributed by atoms with Gasteiger partial charge in [0.1, 0.15) is 0 Å². The highest BCUT2D eigenvalue weighted by Gasteiger charge is 2.05. The lowest BCUT2D eigenvalue weighted by atomic mass is 9.99. The van der Waals surface area contributed by atoms with Crippen LogP contribution in [0.3, 0.4) is 0 Å². The molecule has 0 amide bonds. The van der Waals surface area contributed by atoms with Gasteiger partial charge in [-0.05, 0) is 36.6 Å². The third-order valence-electron chi connectivity index (χ3n) is 2.60. The zero-order chi connectivity index (χ0) is 11.5. The zero-order valence-corrected chi connectivity index (χ0v) is 9.40. The van der Waals surface area contributed by atoms with Crippen molar-refractivity contribution >= 4 is 5.78 Å². The van der Waals surface area contributed by atoms with Crippen molar-refractivity contribution in [3.63, 3.8) is 0 Å². The molecular weight excluding hydrogens is 198 g/mol. The van der Waals surface area contributed by atoms with Crippen LogP contribution in [-0.4, -0.2) is 10.8 Å².